The molecule has 3 N–H and O–H groups in total. The smallest absolute Gasteiger partial charge is 0.214 e. The van der Waals surface area contributed by atoms with E-state index in [9.17, 15) is 8.42 Å². The molecule has 0 spiro atoms. The van der Waals surface area contributed by atoms with Crippen molar-refractivity contribution in [3.8, 4) is 0 Å². The second-order valence-electron chi connectivity index (χ2n) is 5.16. The summed E-state index contributed by atoms with van der Waals surface area (Å²) in [5, 5.41) is -0.106. The van der Waals surface area contributed by atoms with Crippen molar-refractivity contribution in [3.05, 3.63) is 0 Å². The Hall–Kier alpha value is -0.170. The van der Waals surface area contributed by atoms with E-state index in [2.05, 4.69) is 9.62 Å². The van der Waals surface area contributed by atoms with Crippen molar-refractivity contribution in [1.82, 2.24) is 9.62 Å². The predicted molar refractivity (Wildman–Crippen MR) is 68.2 cm³/mol. The molecule has 0 radical (unpaired) electrons. The van der Waals surface area contributed by atoms with Crippen LogP contribution in [0.2, 0.25) is 0 Å². The lowest BCUT2D eigenvalue weighted by Crippen LogP contribution is -2.41. The number of nitrogens with zero attached hydrogens (tertiary/aromatic N) is 1. The summed E-state index contributed by atoms with van der Waals surface area (Å²) in [5.41, 5.74) is 5.64. The van der Waals surface area contributed by atoms with E-state index in [1.807, 2.05) is 0 Å². The van der Waals surface area contributed by atoms with Crippen LogP contribution in [-0.2, 0) is 10.0 Å². The number of nitrogens with one attached hydrogen (secondary N) is 1. The van der Waals surface area contributed by atoms with Crippen LogP contribution in [0.3, 0.4) is 0 Å². The van der Waals surface area contributed by atoms with Crippen LogP contribution in [0, 0.1) is 5.92 Å². The molecule has 0 aromatic carbocycles. The van der Waals surface area contributed by atoms with E-state index in [4.69, 9.17) is 5.73 Å². The molecule has 2 rings (SSSR count). The third-order valence-corrected chi connectivity index (χ3v) is 5.69. The highest BCUT2D eigenvalue weighted by atomic mass is 32.2. The monoisotopic (exact) mass is 261 g/mol. The molecule has 1 saturated carbocycles. The molecule has 0 amide bonds. The van der Waals surface area contributed by atoms with Gasteiger partial charge in [0.05, 0.1) is 5.25 Å². The average Bonchev–Trinajstić information content (AvgIpc) is 3.14. The number of hydrogen-bond acceptors (Lipinski definition) is 4. The fraction of sp³-hybridized carbons (Fsp3) is 1.00. The van der Waals surface area contributed by atoms with E-state index < -0.39 is 10.0 Å². The lowest BCUT2D eigenvalue weighted by Gasteiger charge is -2.31. The van der Waals surface area contributed by atoms with Crippen molar-refractivity contribution in [2.75, 3.05) is 32.7 Å². The molecule has 17 heavy (non-hydrogen) atoms. The van der Waals surface area contributed by atoms with Crippen LogP contribution < -0.4 is 10.5 Å². The van der Waals surface area contributed by atoms with Gasteiger partial charge < -0.3 is 10.6 Å². The highest BCUT2D eigenvalue weighted by molar-refractivity contribution is 7.90. The molecule has 1 heterocycles. The van der Waals surface area contributed by atoms with E-state index in [1.54, 1.807) is 0 Å². The third-order valence-electron chi connectivity index (χ3n) is 3.73. The minimum absolute atomic E-state index is 0.106. The van der Waals surface area contributed by atoms with Gasteiger partial charge in [-0.3, -0.25) is 0 Å². The Balaban J connectivity index is 1.63. The maximum Gasteiger partial charge on any atom is 0.214 e. The van der Waals surface area contributed by atoms with Crippen LogP contribution in [-0.4, -0.2) is 51.3 Å². The zero-order valence-corrected chi connectivity index (χ0v) is 11.1. The molecule has 5 nitrogen and oxygen atoms in total. The Bertz CT molecular complexity index is 333. The second-order valence-corrected chi connectivity index (χ2v) is 7.20. The fourth-order valence-electron chi connectivity index (χ4n) is 2.29. The normalized spacial score (nSPS) is 24.1. The van der Waals surface area contributed by atoms with Crippen molar-refractivity contribution in [2.45, 2.75) is 30.9 Å². The molecule has 0 unspecified atom stereocenters. The van der Waals surface area contributed by atoms with E-state index in [0.717, 1.165) is 51.9 Å². The molecule has 0 bridgehead atoms. The number of hydrogen-bond donors (Lipinski definition) is 2. The van der Waals surface area contributed by atoms with Gasteiger partial charge in [0.15, 0.2) is 0 Å². The standard InChI is InChI=1S/C11H23N3O2S/c12-9-10-3-6-14(7-4-10)8-5-13-17(15,16)11-1-2-11/h10-11,13H,1-9,12H2. The van der Waals surface area contributed by atoms with Crippen molar-refractivity contribution >= 4 is 10.0 Å². The maximum atomic E-state index is 11.6. The zero-order chi connectivity index (χ0) is 12.3. The van der Waals surface area contributed by atoms with Gasteiger partial charge in [-0.25, -0.2) is 13.1 Å². The van der Waals surface area contributed by atoms with E-state index in [-0.39, 0.29) is 5.25 Å². The van der Waals surface area contributed by atoms with Gasteiger partial charge in [0.25, 0.3) is 0 Å². The van der Waals surface area contributed by atoms with Gasteiger partial charge in [-0.1, -0.05) is 0 Å². The maximum absolute atomic E-state index is 11.6. The van der Waals surface area contributed by atoms with Crippen molar-refractivity contribution in [3.63, 3.8) is 0 Å². The first-order valence-electron chi connectivity index (χ1n) is 6.52. The van der Waals surface area contributed by atoms with Gasteiger partial charge in [-0.05, 0) is 51.2 Å². The third kappa shape index (κ3) is 3.91. The summed E-state index contributed by atoms with van der Waals surface area (Å²) in [6.07, 6.45) is 3.95. The summed E-state index contributed by atoms with van der Waals surface area (Å²) in [6, 6.07) is 0. The average molecular weight is 261 g/mol. The molecular weight excluding hydrogens is 238 g/mol. The molecule has 0 aromatic rings. The van der Waals surface area contributed by atoms with Gasteiger partial charge in [-0.2, -0.15) is 0 Å². The molecule has 1 saturated heterocycles. The second kappa shape index (κ2) is 5.65. The summed E-state index contributed by atoms with van der Waals surface area (Å²) >= 11 is 0. The molecular formula is C11H23N3O2S. The van der Waals surface area contributed by atoms with Gasteiger partial charge in [0.2, 0.25) is 10.0 Å². The van der Waals surface area contributed by atoms with E-state index in [0.29, 0.717) is 12.5 Å². The molecule has 6 heteroatoms. The fourth-order valence-corrected chi connectivity index (χ4v) is 3.66. The van der Waals surface area contributed by atoms with Crippen molar-refractivity contribution in [2.24, 2.45) is 11.7 Å². The zero-order valence-electron chi connectivity index (χ0n) is 10.3. The Labute approximate surface area is 104 Å². The number of likely N-dealkylation sites (tertiary alicyclic amines) is 1. The minimum atomic E-state index is -3.00. The Morgan fingerprint density at radius 3 is 2.35 bits per heavy atom. The van der Waals surface area contributed by atoms with Crippen LogP contribution in [0.15, 0.2) is 0 Å². The summed E-state index contributed by atoms with van der Waals surface area (Å²) in [5.74, 6) is 0.661. The minimum Gasteiger partial charge on any atom is -0.330 e. The summed E-state index contributed by atoms with van der Waals surface area (Å²) in [4.78, 5) is 2.32. The van der Waals surface area contributed by atoms with Gasteiger partial charge in [-0.15, -0.1) is 0 Å². The molecule has 100 valence electrons. The van der Waals surface area contributed by atoms with Gasteiger partial charge in [0, 0.05) is 13.1 Å². The van der Waals surface area contributed by atoms with Crippen molar-refractivity contribution < 1.29 is 8.42 Å². The van der Waals surface area contributed by atoms with E-state index in [1.165, 1.54) is 0 Å². The molecule has 0 aromatic heterocycles. The Morgan fingerprint density at radius 1 is 1.18 bits per heavy atom. The number of rotatable bonds is 6. The summed E-state index contributed by atoms with van der Waals surface area (Å²) < 4.78 is 25.9. The SMILES string of the molecule is NCC1CCN(CCNS(=O)(=O)C2CC2)CC1. The molecule has 0 atom stereocenters. The first kappa shape index (κ1) is 13.3. The highest BCUT2D eigenvalue weighted by Gasteiger charge is 2.35. The van der Waals surface area contributed by atoms with E-state index >= 15 is 0 Å². The molecule has 2 fully saturated rings. The largest absolute Gasteiger partial charge is 0.330 e. The van der Waals surface area contributed by atoms with Crippen molar-refractivity contribution in [1.29, 1.82) is 0 Å². The van der Waals surface area contributed by atoms with Crippen LogP contribution in [0.4, 0.5) is 0 Å². The first-order chi connectivity index (χ1) is 8.12. The van der Waals surface area contributed by atoms with Crippen LogP contribution in [0.5, 0.6) is 0 Å². The molecule has 1 aliphatic carbocycles. The molecule has 1 aliphatic heterocycles. The van der Waals surface area contributed by atoms with Crippen LogP contribution >= 0.6 is 0 Å². The van der Waals surface area contributed by atoms with Gasteiger partial charge in [0.1, 0.15) is 0 Å². The highest BCUT2D eigenvalue weighted by Crippen LogP contribution is 2.27. The van der Waals surface area contributed by atoms with Gasteiger partial charge >= 0.3 is 0 Å². The number of nitrogens with two attached hydrogens (primary N) is 1. The first-order valence-corrected chi connectivity index (χ1v) is 8.07. The summed E-state index contributed by atoms with van der Waals surface area (Å²) in [6.45, 7) is 4.25. The number of piperidine rings is 1. The summed E-state index contributed by atoms with van der Waals surface area (Å²) in [7, 11) is -3.00. The van der Waals surface area contributed by atoms with Crippen LogP contribution in [0.1, 0.15) is 25.7 Å². The lowest BCUT2D eigenvalue weighted by atomic mass is 9.97. The number of sulfonamides is 1. The Morgan fingerprint density at radius 2 is 1.82 bits per heavy atom. The quantitative estimate of drug-likeness (QED) is 0.691. The van der Waals surface area contributed by atoms with Crippen LogP contribution in [0.25, 0.3) is 0 Å². The lowest BCUT2D eigenvalue weighted by molar-refractivity contribution is 0.190. The topological polar surface area (TPSA) is 75.4 Å². The Kier molecular flexibility index (Phi) is 4.41. The predicted octanol–water partition coefficient (Wildman–Crippen LogP) is -0.261. The molecule has 2 aliphatic rings.